The average molecular weight is 373 g/mol. The van der Waals surface area contributed by atoms with Gasteiger partial charge in [0.05, 0.1) is 6.54 Å². The Hall–Kier alpha value is -1.62. The molecule has 0 radical (unpaired) electrons. The highest BCUT2D eigenvalue weighted by Crippen LogP contribution is 2.32. The molecule has 1 aromatic carbocycles. The van der Waals surface area contributed by atoms with E-state index in [9.17, 15) is 0 Å². The topological polar surface area (TPSA) is 54.9 Å². The Labute approximate surface area is 129 Å². The van der Waals surface area contributed by atoms with Crippen molar-refractivity contribution in [1.29, 1.82) is 0 Å². The highest BCUT2D eigenvalue weighted by molar-refractivity contribution is 14.0. The number of hydrogen-bond donors (Lipinski definition) is 2. The second-order valence-corrected chi connectivity index (χ2v) is 3.67. The molecule has 5 nitrogen and oxygen atoms in total. The van der Waals surface area contributed by atoms with Gasteiger partial charge in [-0.3, -0.25) is 4.99 Å². The Morgan fingerprint density at radius 2 is 2.16 bits per heavy atom. The smallest absolute Gasteiger partial charge is 0.231 e. The van der Waals surface area contributed by atoms with Crippen molar-refractivity contribution in [2.24, 2.45) is 4.99 Å². The Bertz CT molecular complexity index is 497. The fraction of sp³-hybridized carbons (Fsp3) is 0.308. The lowest BCUT2D eigenvalue weighted by molar-refractivity contribution is 0.174. The number of nitrogens with zero attached hydrogens (tertiary/aromatic N) is 1. The number of terminal acetylenes is 1. The van der Waals surface area contributed by atoms with E-state index in [0.29, 0.717) is 19.0 Å². The van der Waals surface area contributed by atoms with Gasteiger partial charge in [-0.15, -0.1) is 30.4 Å². The van der Waals surface area contributed by atoms with E-state index in [1.165, 1.54) is 0 Å². The quantitative estimate of drug-likeness (QED) is 0.363. The lowest BCUT2D eigenvalue weighted by atomic mass is 10.2. The van der Waals surface area contributed by atoms with Gasteiger partial charge in [0, 0.05) is 13.6 Å². The van der Waals surface area contributed by atoms with Gasteiger partial charge < -0.3 is 20.1 Å². The standard InChI is InChI=1S/C13H15N3O2.HI/c1-3-6-15-13(14-2)16-8-10-4-5-11-12(7-10)18-9-17-11;/h1,4-5,7H,6,8-9H2,2H3,(H2,14,15,16);1H. The fourth-order valence-electron chi connectivity index (χ4n) is 1.59. The van der Waals surface area contributed by atoms with Crippen LogP contribution in [0, 0.1) is 12.3 Å². The highest BCUT2D eigenvalue weighted by Gasteiger charge is 2.12. The summed E-state index contributed by atoms with van der Waals surface area (Å²) in [6, 6.07) is 5.83. The van der Waals surface area contributed by atoms with Crippen molar-refractivity contribution < 1.29 is 9.47 Å². The lowest BCUT2D eigenvalue weighted by Gasteiger charge is -2.10. The van der Waals surface area contributed by atoms with E-state index in [1.54, 1.807) is 7.05 Å². The van der Waals surface area contributed by atoms with Crippen molar-refractivity contribution in [2.45, 2.75) is 6.54 Å². The average Bonchev–Trinajstić information content (AvgIpc) is 2.86. The molecule has 0 amide bonds. The van der Waals surface area contributed by atoms with Gasteiger partial charge in [-0.25, -0.2) is 0 Å². The molecule has 0 aromatic heterocycles. The Morgan fingerprint density at radius 1 is 1.37 bits per heavy atom. The van der Waals surface area contributed by atoms with E-state index < -0.39 is 0 Å². The third kappa shape index (κ3) is 4.21. The molecule has 0 fully saturated rings. The lowest BCUT2D eigenvalue weighted by Crippen LogP contribution is -2.36. The number of rotatable bonds is 3. The van der Waals surface area contributed by atoms with Crippen molar-refractivity contribution >= 4 is 29.9 Å². The minimum Gasteiger partial charge on any atom is -0.454 e. The van der Waals surface area contributed by atoms with Gasteiger partial charge in [0.25, 0.3) is 0 Å². The Balaban J connectivity index is 0.00000180. The molecule has 6 heteroatoms. The molecule has 2 rings (SSSR count). The molecule has 1 aliphatic heterocycles. The van der Waals surface area contributed by atoms with Gasteiger partial charge >= 0.3 is 0 Å². The van der Waals surface area contributed by atoms with Crippen LogP contribution in [0.3, 0.4) is 0 Å². The predicted octanol–water partition coefficient (Wildman–Crippen LogP) is 1.33. The number of halogens is 1. The number of ether oxygens (including phenoxy) is 2. The summed E-state index contributed by atoms with van der Waals surface area (Å²) in [5, 5.41) is 6.15. The molecule has 102 valence electrons. The van der Waals surface area contributed by atoms with Crippen LogP contribution in [0.25, 0.3) is 0 Å². The van der Waals surface area contributed by atoms with Crippen LogP contribution in [0.2, 0.25) is 0 Å². The van der Waals surface area contributed by atoms with Crippen LogP contribution < -0.4 is 20.1 Å². The van der Waals surface area contributed by atoms with Crippen molar-refractivity contribution in [2.75, 3.05) is 20.4 Å². The molecule has 0 spiro atoms. The molecule has 19 heavy (non-hydrogen) atoms. The number of benzene rings is 1. The maximum absolute atomic E-state index is 5.31. The van der Waals surface area contributed by atoms with E-state index in [-0.39, 0.29) is 30.8 Å². The molecule has 0 bridgehead atoms. The van der Waals surface area contributed by atoms with E-state index in [1.807, 2.05) is 18.2 Å². The van der Waals surface area contributed by atoms with E-state index in [0.717, 1.165) is 17.1 Å². The molecule has 2 N–H and O–H groups in total. The highest BCUT2D eigenvalue weighted by atomic mass is 127. The van der Waals surface area contributed by atoms with E-state index in [2.05, 4.69) is 21.5 Å². The summed E-state index contributed by atoms with van der Waals surface area (Å²) < 4.78 is 10.6. The summed E-state index contributed by atoms with van der Waals surface area (Å²) in [6.07, 6.45) is 5.17. The second-order valence-electron chi connectivity index (χ2n) is 3.67. The van der Waals surface area contributed by atoms with Crippen LogP contribution in [0.1, 0.15) is 5.56 Å². The summed E-state index contributed by atoms with van der Waals surface area (Å²) >= 11 is 0. The third-order valence-electron chi connectivity index (χ3n) is 2.48. The molecular weight excluding hydrogens is 357 g/mol. The first-order valence-electron chi connectivity index (χ1n) is 5.60. The van der Waals surface area contributed by atoms with Crippen LogP contribution in [0.4, 0.5) is 0 Å². The van der Waals surface area contributed by atoms with Gasteiger partial charge in [0.2, 0.25) is 6.79 Å². The maximum atomic E-state index is 5.31. The van der Waals surface area contributed by atoms with Crippen LogP contribution in [0.15, 0.2) is 23.2 Å². The molecular formula is C13H16IN3O2. The fourth-order valence-corrected chi connectivity index (χ4v) is 1.59. The van der Waals surface area contributed by atoms with Crippen molar-refractivity contribution in [3.63, 3.8) is 0 Å². The largest absolute Gasteiger partial charge is 0.454 e. The first kappa shape index (κ1) is 15.4. The van der Waals surface area contributed by atoms with Crippen LogP contribution in [0.5, 0.6) is 11.5 Å². The number of aliphatic imine (C=N–C) groups is 1. The molecule has 1 heterocycles. The van der Waals surface area contributed by atoms with Gasteiger partial charge in [-0.05, 0) is 17.7 Å². The number of fused-ring (bicyclic) bond motifs is 1. The number of nitrogens with one attached hydrogen (secondary N) is 2. The van der Waals surface area contributed by atoms with Crippen LogP contribution in [-0.4, -0.2) is 26.3 Å². The van der Waals surface area contributed by atoms with Crippen molar-refractivity contribution in [3.05, 3.63) is 23.8 Å². The summed E-state index contributed by atoms with van der Waals surface area (Å²) in [6.45, 7) is 1.37. The summed E-state index contributed by atoms with van der Waals surface area (Å²) in [4.78, 5) is 4.06. The van der Waals surface area contributed by atoms with E-state index >= 15 is 0 Å². The van der Waals surface area contributed by atoms with Crippen LogP contribution in [-0.2, 0) is 6.54 Å². The SMILES string of the molecule is C#CCNC(=NC)NCc1ccc2c(c1)OCO2.I. The third-order valence-corrected chi connectivity index (χ3v) is 2.48. The van der Waals surface area contributed by atoms with Gasteiger partial charge in [0.1, 0.15) is 0 Å². The van der Waals surface area contributed by atoms with Gasteiger partial charge in [0.15, 0.2) is 17.5 Å². The molecule has 0 aliphatic carbocycles. The number of hydrogen-bond acceptors (Lipinski definition) is 3. The first-order chi connectivity index (χ1) is 8.83. The molecule has 0 saturated carbocycles. The predicted molar refractivity (Wildman–Crippen MR) is 85.0 cm³/mol. The molecule has 1 aromatic rings. The number of guanidine groups is 1. The molecule has 0 saturated heterocycles. The normalized spacial score (nSPS) is 12.3. The minimum absolute atomic E-state index is 0. The van der Waals surface area contributed by atoms with E-state index in [4.69, 9.17) is 15.9 Å². The summed E-state index contributed by atoms with van der Waals surface area (Å²) in [5.41, 5.74) is 1.09. The first-order valence-corrected chi connectivity index (χ1v) is 5.60. The van der Waals surface area contributed by atoms with Gasteiger partial charge in [-0.1, -0.05) is 12.0 Å². The zero-order chi connectivity index (χ0) is 12.8. The van der Waals surface area contributed by atoms with Gasteiger partial charge in [-0.2, -0.15) is 0 Å². The summed E-state index contributed by atoms with van der Waals surface area (Å²) in [5.74, 6) is 4.73. The van der Waals surface area contributed by atoms with Crippen LogP contribution >= 0.6 is 24.0 Å². The minimum atomic E-state index is 0. The zero-order valence-corrected chi connectivity index (χ0v) is 12.9. The maximum Gasteiger partial charge on any atom is 0.231 e. The van der Waals surface area contributed by atoms with Crippen molar-refractivity contribution in [3.8, 4) is 23.8 Å². The Kier molecular flexibility index (Phi) is 6.29. The molecule has 1 aliphatic rings. The monoisotopic (exact) mass is 373 g/mol. The summed E-state index contributed by atoms with van der Waals surface area (Å²) in [7, 11) is 1.70. The van der Waals surface area contributed by atoms with Crippen molar-refractivity contribution in [1.82, 2.24) is 10.6 Å². The Morgan fingerprint density at radius 3 is 2.89 bits per heavy atom. The zero-order valence-electron chi connectivity index (χ0n) is 10.6. The molecule has 0 unspecified atom stereocenters. The second kappa shape index (κ2) is 7.74. The molecule has 0 atom stereocenters.